The van der Waals surface area contributed by atoms with Crippen LogP contribution in [-0.4, -0.2) is 35.1 Å². The smallest absolute Gasteiger partial charge is 0.384 e. The van der Waals surface area contributed by atoms with Gasteiger partial charge in [0.05, 0.1) is 5.54 Å². The standard InChI is InChI=1S/C19H17BrF4N2O2S/c20-14-8-4-7-13(9-14)18(11-21,10-15(27)19(22,23)24)26-17(29)25-16(28)12-5-2-1-3-6-12/h1-9,15,27H,10-11H2,(H2,25,26,28,29)/t15?,18-/m1/s1. The van der Waals surface area contributed by atoms with E-state index in [1.54, 1.807) is 24.3 Å². The first-order chi connectivity index (χ1) is 13.6. The number of alkyl halides is 4. The molecule has 0 saturated heterocycles. The molecule has 2 rings (SSSR count). The quantitative estimate of drug-likeness (QED) is 0.417. The molecule has 0 fully saturated rings. The first kappa shape index (κ1) is 23.2. The molecule has 29 heavy (non-hydrogen) atoms. The number of amides is 1. The predicted octanol–water partition coefficient (Wildman–Crippen LogP) is 4.23. The van der Waals surface area contributed by atoms with Gasteiger partial charge >= 0.3 is 6.18 Å². The van der Waals surface area contributed by atoms with Gasteiger partial charge in [0.1, 0.15) is 6.67 Å². The molecule has 0 saturated carbocycles. The number of aliphatic hydroxyl groups excluding tert-OH is 1. The molecule has 2 aromatic carbocycles. The summed E-state index contributed by atoms with van der Waals surface area (Å²) in [6.07, 6.45) is -8.81. The number of hydrogen-bond acceptors (Lipinski definition) is 3. The van der Waals surface area contributed by atoms with Gasteiger partial charge in [-0.3, -0.25) is 10.1 Å². The number of benzene rings is 2. The van der Waals surface area contributed by atoms with Crippen LogP contribution in [0.2, 0.25) is 0 Å². The average Bonchev–Trinajstić information content (AvgIpc) is 2.67. The normalized spacial score (nSPS) is 14.6. The molecular formula is C19H17BrF4N2O2S. The number of aliphatic hydroxyl groups is 1. The lowest BCUT2D eigenvalue weighted by atomic mass is 9.85. The van der Waals surface area contributed by atoms with E-state index in [9.17, 15) is 27.5 Å². The van der Waals surface area contributed by atoms with Gasteiger partial charge in [0.15, 0.2) is 11.2 Å². The van der Waals surface area contributed by atoms with Crippen molar-refractivity contribution < 1.29 is 27.5 Å². The van der Waals surface area contributed by atoms with E-state index in [4.69, 9.17) is 12.2 Å². The molecule has 0 aliphatic rings. The molecular weight excluding hydrogens is 476 g/mol. The monoisotopic (exact) mass is 492 g/mol. The molecule has 0 heterocycles. The number of carbonyl (C=O) groups is 1. The number of rotatable bonds is 6. The summed E-state index contributed by atoms with van der Waals surface area (Å²) in [7, 11) is 0. The number of hydrogen-bond donors (Lipinski definition) is 3. The predicted molar refractivity (Wildman–Crippen MR) is 108 cm³/mol. The Labute approximate surface area is 178 Å². The fourth-order valence-corrected chi connectivity index (χ4v) is 3.34. The average molecular weight is 493 g/mol. The minimum absolute atomic E-state index is 0.119. The van der Waals surface area contributed by atoms with E-state index in [0.29, 0.717) is 4.47 Å². The van der Waals surface area contributed by atoms with Crippen molar-refractivity contribution in [2.45, 2.75) is 24.2 Å². The minimum Gasteiger partial charge on any atom is -0.384 e. The van der Waals surface area contributed by atoms with E-state index in [2.05, 4.69) is 26.6 Å². The molecule has 0 aliphatic carbocycles. The Morgan fingerprint density at radius 1 is 1.14 bits per heavy atom. The molecule has 2 atom stereocenters. The van der Waals surface area contributed by atoms with Crippen LogP contribution in [0.4, 0.5) is 17.6 Å². The highest BCUT2D eigenvalue weighted by Gasteiger charge is 2.46. The first-order valence-corrected chi connectivity index (χ1v) is 9.53. The van der Waals surface area contributed by atoms with Gasteiger partial charge in [0.25, 0.3) is 5.91 Å². The molecule has 3 N–H and O–H groups in total. The van der Waals surface area contributed by atoms with Crippen molar-refractivity contribution in [3.05, 3.63) is 70.2 Å². The Kier molecular flexibility index (Phi) is 7.73. The highest BCUT2D eigenvalue weighted by Crippen LogP contribution is 2.34. The third kappa shape index (κ3) is 6.22. The van der Waals surface area contributed by atoms with Gasteiger partial charge in [-0.05, 0) is 42.0 Å². The number of halogens is 5. The highest BCUT2D eigenvalue weighted by molar-refractivity contribution is 9.10. The third-order valence-electron chi connectivity index (χ3n) is 4.14. The van der Waals surface area contributed by atoms with Crippen molar-refractivity contribution in [2.75, 3.05) is 6.67 Å². The van der Waals surface area contributed by atoms with Crippen LogP contribution in [0.25, 0.3) is 0 Å². The van der Waals surface area contributed by atoms with Crippen LogP contribution in [0.1, 0.15) is 22.3 Å². The van der Waals surface area contributed by atoms with E-state index in [1.807, 2.05) is 0 Å². The summed E-state index contributed by atoms with van der Waals surface area (Å²) < 4.78 is 53.6. The summed E-state index contributed by atoms with van der Waals surface area (Å²) in [6.45, 7) is -1.32. The second kappa shape index (κ2) is 9.64. The van der Waals surface area contributed by atoms with E-state index in [-0.39, 0.29) is 16.2 Å². The van der Waals surface area contributed by atoms with Crippen molar-refractivity contribution in [1.82, 2.24) is 10.6 Å². The van der Waals surface area contributed by atoms with Gasteiger partial charge in [0.2, 0.25) is 0 Å². The van der Waals surface area contributed by atoms with Crippen LogP contribution in [0.3, 0.4) is 0 Å². The largest absolute Gasteiger partial charge is 0.414 e. The van der Waals surface area contributed by atoms with Gasteiger partial charge in [-0.25, -0.2) is 4.39 Å². The lowest BCUT2D eigenvalue weighted by molar-refractivity contribution is -0.210. The Balaban J connectivity index is 2.31. The van der Waals surface area contributed by atoms with Crippen LogP contribution in [0, 0.1) is 0 Å². The lowest BCUT2D eigenvalue weighted by Gasteiger charge is -2.36. The van der Waals surface area contributed by atoms with E-state index in [1.165, 1.54) is 30.3 Å². The van der Waals surface area contributed by atoms with Gasteiger partial charge in [0, 0.05) is 16.5 Å². The van der Waals surface area contributed by atoms with Crippen LogP contribution < -0.4 is 10.6 Å². The fraction of sp³-hybridized carbons (Fsp3) is 0.263. The van der Waals surface area contributed by atoms with Crippen molar-refractivity contribution in [3.63, 3.8) is 0 Å². The Bertz CT molecular complexity index is 867. The summed E-state index contributed by atoms with van der Waals surface area (Å²) >= 11 is 8.23. The number of nitrogens with one attached hydrogen (secondary N) is 2. The molecule has 1 amide bonds. The van der Waals surface area contributed by atoms with Crippen molar-refractivity contribution in [1.29, 1.82) is 0 Å². The third-order valence-corrected chi connectivity index (χ3v) is 4.84. The van der Waals surface area contributed by atoms with Crippen LogP contribution in [0.5, 0.6) is 0 Å². The Morgan fingerprint density at radius 3 is 2.34 bits per heavy atom. The maximum Gasteiger partial charge on any atom is 0.414 e. The van der Waals surface area contributed by atoms with Crippen molar-refractivity contribution in [2.24, 2.45) is 0 Å². The minimum atomic E-state index is -4.96. The fourth-order valence-electron chi connectivity index (χ4n) is 2.65. The van der Waals surface area contributed by atoms with Crippen LogP contribution in [0.15, 0.2) is 59.1 Å². The van der Waals surface area contributed by atoms with Gasteiger partial charge in [-0.2, -0.15) is 13.2 Å². The summed E-state index contributed by atoms with van der Waals surface area (Å²) in [6, 6.07) is 13.9. The van der Waals surface area contributed by atoms with E-state index in [0.717, 1.165) is 0 Å². The maximum atomic E-state index is 14.2. The first-order valence-electron chi connectivity index (χ1n) is 8.33. The van der Waals surface area contributed by atoms with Crippen LogP contribution in [-0.2, 0) is 5.54 Å². The molecule has 4 nitrogen and oxygen atoms in total. The molecule has 0 aromatic heterocycles. The highest BCUT2D eigenvalue weighted by atomic mass is 79.9. The second-order valence-electron chi connectivity index (χ2n) is 6.26. The molecule has 0 aliphatic heterocycles. The molecule has 2 aromatic rings. The molecule has 0 spiro atoms. The SMILES string of the molecule is O=C(NC(=S)N[C@@](CF)(CC(O)C(F)(F)F)c1cccc(Br)c1)c1ccccc1. The molecule has 10 heteroatoms. The van der Waals surface area contributed by atoms with E-state index >= 15 is 0 Å². The zero-order valence-electron chi connectivity index (χ0n) is 14.8. The summed E-state index contributed by atoms with van der Waals surface area (Å²) in [5.74, 6) is -0.610. The molecule has 0 bridgehead atoms. The summed E-state index contributed by atoms with van der Waals surface area (Å²) in [5, 5.41) is 14.0. The summed E-state index contributed by atoms with van der Waals surface area (Å²) in [5.41, 5.74) is -1.63. The number of carbonyl (C=O) groups excluding carboxylic acids is 1. The number of thiocarbonyl (C=S) groups is 1. The maximum absolute atomic E-state index is 14.2. The molecule has 156 valence electrons. The lowest BCUT2D eigenvalue weighted by Crippen LogP contribution is -2.55. The zero-order valence-corrected chi connectivity index (χ0v) is 17.2. The van der Waals surface area contributed by atoms with E-state index < -0.39 is 36.8 Å². The zero-order chi connectivity index (χ0) is 21.7. The Morgan fingerprint density at radius 2 is 1.79 bits per heavy atom. The molecule has 1 unspecified atom stereocenters. The molecule has 0 radical (unpaired) electrons. The van der Waals surface area contributed by atoms with Gasteiger partial charge in [-0.15, -0.1) is 0 Å². The topological polar surface area (TPSA) is 61.4 Å². The van der Waals surface area contributed by atoms with Crippen LogP contribution >= 0.6 is 28.1 Å². The second-order valence-corrected chi connectivity index (χ2v) is 7.59. The van der Waals surface area contributed by atoms with Gasteiger partial charge < -0.3 is 10.4 Å². The van der Waals surface area contributed by atoms with Crippen molar-refractivity contribution >= 4 is 39.2 Å². The van der Waals surface area contributed by atoms with Gasteiger partial charge in [-0.1, -0.05) is 46.3 Å². The Hall–Kier alpha value is -2.04. The summed E-state index contributed by atoms with van der Waals surface area (Å²) in [4.78, 5) is 12.2. The van der Waals surface area contributed by atoms with Crippen molar-refractivity contribution in [3.8, 4) is 0 Å².